The third-order valence-corrected chi connectivity index (χ3v) is 8.13. The van der Waals surface area contributed by atoms with Crippen LogP contribution in [0.2, 0.25) is 0 Å². The van der Waals surface area contributed by atoms with E-state index >= 15 is 0 Å². The number of carbonyl (C=O) groups excluding carboxylic acids is 2. The SMILES string of the molecule is CCCCC/C=C/C/C=C/C/C=C/C/C=C/CCCCCC(=O)OC[C@H](CO)OC(=O)CCCCCCCCCCCCCCC. The zero-order valence-electron chi connectivity index (χ0n) is 30.1. The Labute approximate surface area is 284 Å². The highest BCUT2D eigenvalue weighted by Crippen LogP contribution is 2.13. The summed E-state index contributed by atoms with van der Waals surface area (Å²) in [5.41, 5.74) is 0. The summed E-state index contributed by atoms with van der Waals surface area (Å²) in [4.78, 5) is 24.2. The number of esters is 2. The third kappa shape index (κ3) is 34.7. The van der Waals surface area contributed by atoms with Crippen LogP contribution in [-0.2, 0) is 19.1 Å². The number of rotatable bonds is 34. The molecule has 266 valence electrons. The van der Waals surface area contributed by atoms with Gasteiger partial charge in [0.2, 0.25) is 0 Å². The van der Waals surface area contributed by atoms with Crippen LogP contribution in [0.4, 0.5) is 0 Å². The maximum atomic E-state index is 12.1. The Kier molecular flexibility index (Phi) is 35.6. The zero-order chi connectivity index (χ0) is 33.6. The Morgan fingerprint density at radius 3 is 1.35 bits per heavy atom. The van der Waals surface area contributed by atoms with E-state index in [2.05, 4.69) is 62.5 Å². The van der Waals surface area contributed by atoms with Gasteiger partial charge in [-0.1, -0.05) is 159 Å². The molecule has 0 spiro atoms. The molecule has 0 rings (SSSR count). The van der Waals surface area contributed by atoms with Gasteiger partial charge < -0.3 is 14.6 Å². The molecule has 0 bridgehead atoms. The van der Waals surface area contributed by atoms with Gasteiger partial charge in [-0.3, -0.25) is 9.59 Å². The van der Waals surface area contributed by atoms with Gasteiger partial charge >= 0.3 is 11.9 Å². The van der Waals surface area contributed by atoms with Gasteiger partial charge in [-0.15, -0.1) is 0 Å². The maximum Gasteiger partial charge on any atom is 0.306 e. The second-order valence-electron chi connectivity index (χ2n) is 12.7. The Morgan fingerprint density at radius 2 is 0.870 bits per heavy atom. The summed E-state index contributed by atoms with van der Waals surface area (Å²) < 4.78 is 10.6. The Morgan fingerprint density at radius 1 is 0.500 bits per heavy atom. The van der Waals surface area contributed by atoms with Crippen molar-refractivity contribution < 1.29 is 24.2 Å². The topological polar surface area (TPSA) is 72.8 Å². The Balaban J connectivity index is 3.64. The van der Waals surface area contributed by atoms with Crippen molar-refractivity contribution in [1.82, 2.24) is 0 Å². The van der Waals surface area contributed by atoms with Crippen LogP contribution in [-0.4, -0.2) is 36.4 Å². The van der Waals surface area contributed by atoms with Crippen molar-refractivity contribution in [3.05, 3.63) is 48.6 Å². The second-order valence-corrected chi connectivity index (χ2v) is 12.7. The van der Waals surface area contributed by atoms with Crippen LogP contribution >= 0.6 is 0 Å². The Bertz CT molecular complexity index is 782. The van der Waals surface area contributed by atoms with Crippen LogP contribution in [0.1, 0.15) is 181 Å². The molecule has 0 radical (unpaired) electrons. The van der Waals surface area contributed by atoms with Crippen molar-refractivity contribution in [3.63, 3.8) is 0 Å². The molecule has 0 saturated carbocycles. The number of hydrogen-bond acceptors (Lipinski definition) is 5. The second kappa shape index (κ2) is 37.3. The summed E-state index contributed by atoms with van der Waals surface area (Å²) in [5.74, 6) is -0.626. The number of aliphatic hydroxyl groups is 1. The van der Waals surface area contributed by atoms with Gasteiger partial charge in [-0.2, -0.15) is 0 Å². The molecule has 5 nitrogen and oxygen atoms in total. The standard InChI is InChI=1S/C41H72O5/c1-3-5-7-9-11-13-15-17-18-19-20-21-22-24-25-27-29-31-33-35-40(43)45-38-39(37-42)46-41(44)36-34-32-30-28-26-23-16-14-12-10-8-6-4-2/h11,13,17-18,20-21,24-25,39,42H,3-10,12,14-16,19,22-23,26-38H2,1-2H3/b13-11+,18-17+,21-20+,25-24+/t39-/m0/s1. The molecule has 0 aromatic rings. The fraction of sp³-hybridized carbons (Fsp3) is 0.756. The fourth-order valence-corrected chi connectivity index (χ4v) is 5.18. The lowest BCUT2D eigenvalue weighted by molar-refractivity contribution is -0.161. The number of aliphatic hydroxyl groups excluding tert-OH is 1. The fourth-order valence-electron chi connectivity index (χ4n) is 5.18. The van der Waals surface area contributed by atoms with Crippen LogP contribution in [0.15, 0.2) is 48.6 Å². The van der Waals surface area contributed by atoms with Gasteiger partial charge in [0.1, 0.15) is 6.61 Å². The number of hydrogen-bond donors (Lipinski definition) is 1. The molecule has 0 unspecified atom stereocenters. The molecular weight excluding hydrogens is 572 g/mol. The van der Waals surface area contributed by atoms with Gasteiger partial charge in [0, 0.05) is 12.8 Å². The molecule has 0 aromatic heterocycles. The van der Waals surface area contributed by atoms with E-state index in [4.69, 9.17) is 9.47 Å². The summed E-state index contributed by atoms with van der Waals surface area (Å²) in [6, 6.07) is 0. The first kappa shape index (κ1) is 43.9. The monoisotopic (exact) mass is 645 g/mol. The van der Waals surface area contributed by atoms with E-state index in [1.54, 1.807) is 0 Å². The lowest BCUT2D eigenvalue weighted by Crippen LogP contribution is -2.28. The van der Waals surface area contributed by atoms with E-state index in [9.17, 15) is 14.7 Å². The molecule has 0 saturated heterocycles. The summed E-state index contributed by atoms with van der Waals surface area (Å²) in [7, 11) is 0. The van der Waals surface area contributed by atoms with Gasteiger partial charge in [0.25, 0.3) is 0 Å². The van der Waals surface area contributed by atoms with Crippen molar-refractivity contribution >= 4 is 11.9 Å². The average molecular weight is 645 g/mol. The molecule has 5 heteroatoms. The highest BCUT2D eigenvalue weighted by Gasteiger charge is 2.16. The predicted octanol–water partition coefficient (Wildman–Crippen LogP) is 11.8. The quantitative estimate of drug-likeness (QED) is 0.0429. The lowest BCUT2D eigenvalue weighted by atomic mass is 10.0. The van der Waals surface area contributed by atoms with Crippen molar-refractivity contribution in [3.8, 4) is 0 Å². The number of unbranched alkanes of at least 4 members (excludes halogenated alkanes) is 18. The molecule has 0 aromatic carbocycles. The van der Waals surface area contributed by atoms with Crippen molar-refractivity contribution in [2.24, 2.45) is 0 Å². The molecule has 0 fully saturated rings. The van der Waals surface area contributed by atoms with E-state index in [0.717, 1.165) is 64.2 Å². The molecular formula is C41H72O5. The number of ether oxygens (including phenoxy) is 2. The molecule has 1 atom stereocenters. The van der Waals surface area contributed by atoms with Crippen molar-refractivity contribution in [2.45, 2.75) is 187 Å². The van der Waals surface area contributed by atoms with Gasteiger partial charge in [-0.25, -0.2) is 0 Å². The minimum absolute atomic E-state index is 0.0815. The van der Waals surface area contributed by atoms with Gasteiger partial charge in [0.05, 0.1) is 6.61 Å². The zero-order valence-corrected chi connectivity index (χ0v) is 30.1. The maximum absolute atomic E-state index is 12.1. The van der Waals surface area contributed by atoms with Gasteiger partial charge in [-0.05, 0) is 57.8 Å². The van der Waals surface area contributed by atoms with Crippen LogP contribution in [0.25, 0.3) is 0 Å². The highest BCUT2D eigenvalue weighted by molar-refractivity contribution is 5.70. The van der Waals surface area contributed by atoms with E-state index in [0.29, 0.717) is 12.8 Å². The third-order valence-electron chi connectivity index (χ3n) is 8.13. The van der Waals surface area contributed by atoms with E-state index < -0.39 is 6.10 Å². The number of carbonyl (C=O) groups is 2. The van der Waals surface area contributed by atoms with E-state index in [1.165, 1.54) is 89.9 Å². The van der Waals surface area contributed by atoms with Crippen LogP contribution < -0.4 is 0 Å². The van der Waals surface area contributed by atoms with Crippen LogP contribution in [0, 0.1) is 0 Å². The van der Waals surface area contributed by atoms with E-state index in [1.807, 2.05) is 0 Å². The molecule has 0 aliphatic carbocycles. The molecule has 0 amide bonds. The molecule has 1 N–H and O–H groups in total. The molecule has 46 heavy (non-hydrogen) atoms. The molecule has 0 aliphatic heterocycles. The molecule has 0 heterocycles. The first-order valence-electron chi connectivity index (χ1n) is 19.2. The first-order chi connectivity index (χ1) is 22.6. The first-order valence-corrected chi connectivity index (χ1v) is 19.2. The molecule has 0 aliphatic rings. The average Bonchev–Trinajstić information content (AvgIpc) is 3.06. The van der Waals surface area contributed by atoms with Crippen LogP contribution in [0.5, 0.6) is 0 Å². The van der Waals surface area contributed by atoms with E-state index in [-0.39, 0.29) is 25.2 Å². The summed E-state index contributed by atoms with van der Waals surface area (Å²) in [6.45, 7) is 4.07. The summed E-state index contributed by atoms with van der Waals surface area (Å²) in [6.07, 6.45) is 45.9. The van der Waals surface area contributed by atoms with Crippen molar-refractivity contribution in [2.75, 3.05) is 13.2 Å². The normalized spacial score (nSPS) is 12.7. The lowest BCUT2D eigenvalue weighted by Gasteiger charge is -2.15. The van der Waals surface area contributed by atoms with Crippen molar-refractivity contribution in [1.29, 1.82) is 0 Å². The number of allylic oxidation sites excluding steroid dienone is 8. The highest BCUT2D eigenvalue weighted by atomic mass is 16.6. The minimum atomic E-state index is -0.782. The minimum Gasteiger partial charge on any atom is -0.462 e. The summed E-state index contributed by atoms with van der Waals surface area (Å²) >= 11 is 0. The largest absolute Gasteiger partial charge is 0.462 e. The Hall–Kier alpha value is -2.14. The smallest absolute Gasteiger partial charge is 0.306 e. The van der Waals surface area contributed by atoms with Gasteiger partial charge in [0.15, 0.2) is 6.10 Å². The van der Waals surface area contributed by atoms with Crippen LogP contribution in [0.3, 0.4) is 0 Å². The summed E-state index contributed by atoms with van der Waals surface area (Å²) in [5, 5.41) is 9.53. The predicted molar refractivity (Wildman–Crippen MR) is 196 cm³/mol.